The molecule has 0 heterocycles. The predicted molar refractivity (Wildman–Crippen MR) is 74.4 cm³/mol. The molecule has 0 fully saturated rings. The molecule has 0 atom stereocenters. The largest absolute Gasteiger partial charge is 0.396 e. The number of aliphatic hydroxyl groups is 1. The molecule has 0 bridgehead atoms. The van der Waals surface area contributed by atoms with Crippen LogP contribution in [0.3, 0.4) is 0 Å². The van der Waals surface area contributed by atoms with Crippen molar-refractivity contribution in [2.45, 2.75) is 77.6 Å². The van der Waals surface area contributed by atoms with Crippen molar-refractivity contribution >= 4 is 0 Å². The van der Waals surface area contributed by atoms with E-state index in [-0.39, 0.29) is 0 Å². The summed E-state index contributed by atoms with van der Waals surface area (Å²) in [5, 5.41) is 8.63. The first-order valence-corrected chi connectivity index (χ1v) is 7.60. The van der Waals surface area contributed by atoms with Crippen molar-refractivity contribution in [2.24, 2.45) is 0 Å². The maximum Gasteiger partial charge on any atom is 0.0466 e. The molecule has 0 aromatic rings. The molecule has 0 saturated carbocycles. The Balaban J connectivity index is 2.85. The summed E-state index contributed by atoms with van der Waals surface area (Å²) in [5.74, 6) is 0. The van der Waals surface area contributed by atoms with Gasteiger partial charge in [-0.05, 0) is 19.3 Å². The number of unbranched alkanes of at least 4 members (excludes halogenated alkanes) is 9. The molecule has 104 valence electrons. The highest BCUT2D eigenvalue weighted by molar-refractivity contribution is 4.46. The van der Waals surface area contributed by atoms with E-state index in [0.29, 0.717) is 6.61 Å². The van der Waals surface area contributed by atoms with E-state index in [4.69, 9.17) is 9.84 Å². The molecule has 0 aliphatic carbocycles. The Morgan fingerprint density at radius 2 is 1.12 bits per heavy atom. The molecule has 2 heteroatoms. The Kier molecular flexibility index (Phi) is 15.8. The Morgan fingerprint density at radius 3 is 1.65 bits per heavy atom. The van der Waals surface area contributed by atoms with Crippen LogP contribution in [-0.4, -0.2) is 24.9 Å². The van der Waals surface area contributed by atoms with Crippen molar-refractivity contribution in [1.29, 1.82) is 0 Å². The summed E-state index contributed by atoms with van der Waals surface area (Å²) >= 11 is 0. The van der Waals surface area contributed by atoms with Crippen molar-refractivity contribution in [3.05, 3.63) is 0 Å². The number of rotatable bonds is 14. The lowest BCUT2D eigenvalue weighted by Gasteiger charge is -2.04. The van der Waals surface area contributed by atoms with Gasteiger partial charge in [-0.25, -0.2) is 0 Å². The van der Waals surface area contributed by atoms with Crippen LogP contribution in [-0.2, 0) is 4.74 Å². The summed E-state index contributed by atoms with van der Waals surface area (Å²) in [4.78, 5) is 0. The molecule has 0 spiro atoms. The second kappa shape index (κ2) is 15.9. The highest BCUT2D eigenvalue weighted by Gasteiger charge is 1.93. The van der Waals surface area contributed by atoms with E-state index in [1.54, 1.807) is 0 Å². The summed E-state index contributed by atoms with van der Waals surface area (Å²) in [7, 11) is 0. The Morgan fingerprint density at radius 1 is 0.647 bits per heavy atom. The maximum atomic E-state index is 8.63. The van der Waals surface area contributed by atoms with Crippen molar-refractivity contribution in [1.82, 2.24) is 0 Å². The molecule has 2 nitrogen and oxygen atoms in total. The summed E-state index contributed by atoms with van der Waals surface area (Å²) < 4.78 is 5.57. The number of aliphatic hydroxyl groups excluding tert-OH is 1. The lowest BCUT2D eigenvalue weighted by molar-refractivity contribution is 0.126. The lowest BCUT2D eigenvalue weighted by Crippen LogP contribution is -1.96. The fourth-order valence-corrected chi connectivity index (χ4v) is 1.93. The van der Waals surface area contributed by atoms with E-state index in [0.717, 1.165) is 19.6 Å². The van der Waals surface area contributed by atoms with Gasteiger partial charge in [0.2, 0.25) is 0 Å². The van der Waals surface area contributed by atoms with Crippen molar-refractivity contribution in [3.63, 3.8) is 0 Å². The topological polar surface area (TPSA) is 29.5 Å². The van der Waals surface area contributed by atoms with E-state index in [2.05, 4.69) is 6.92 Å². The molecule has 0 aliphatic heterocycles. The minimum atomic E-state index is 0.357. The SMILES string of the molecule is CCCCCOCCCCCCCCCCO. The van der Waals surface area contributed by atoms with Gasteiger partial charge in [0.25, 0.3) is 0 Å². The number of hydrogen-bond donors (Lipinski definition) is 1. The quantitative estimate of drug-likeness (QED) is 0.461. The van der Waals surface area contributed by atoms with E-state index >= 15 is 0 Å². The zero-order valence-electron chi connectivity index (χ0n) is 11.8. The molecule has 0 unspecified atom stereocenters. The third-order valence-corrected chi connectivity index (χ3v) is 3.09. The molecule has 0 saturated heterocycles. The third-order valence-electron chi connectivity index (χ3n) is 3.09. The first-order valence-electron chi connectivity index (χ1n) is 7.60. The second-order valence-electron chi connectivity index (χ2n) is 4.87. The van der Waals surface area contributed by atoms with Crippen LogP contribution in [0, 0.1) is 0 Å². The molecule has 0 amide bonds. The Bertz CT molecular complexity index is 112. The summed E-state index contributed by atoms with van der Waals surface area (Å²) in [6, 6.07) is 0. The van der Waals surface area contributed by atoms with Gasteiger partial charge in [0, 0.05) is 19.8 Å². The molecule has 0 radical (unpaired) electrons. The van der Waals surface area contributed by atoms with Crippen LogP contribution in [0.1, 0.15) is 77.6 Å². The van der Waals surface area contributed by atoms with Crippen LogP contribution in [0.15, 0.2) is 0 Å². The van der Waals surface area contributed by atoms with Crippen LogP contribution in [0.2, 0.25) is 0 Å². The average Bonchev–Trinajstić information content (AvgIpc) is 2.35. The highest BCUT2D eigenvalue weighted by Crippen LogP contribution is 2.08. The van der Waals surface area contributed by atoms with Crippen LogP contribution < -0.4 is 0 Å². The highest BCUT2D eigenvalue weighted by atomic mass is 16.5. The lowest BCUT2D eigenvalue weighted by atomic mass is 10.1. The van der Waals surface area contributed by atoms with Gasteiger partial charge in [0.15, 0.2) is 0 Å². The summed E-state index contributed by atoms with van der Waals surface area (Å²) in [6.45, 7) is 4.49. The van der Waals surface area contributed by atoms with E-state index in [9.17, 15) is 0 Å². The Labute approximate surface area is 108 Å². The van der Waals surface area contributed by atoms with Crippen LogP contribution in [0.25, 0.3) is 0 Å². The zero-order chi connectivity index (χ0) is 12.6. The fraction of sp³-hybridized carbons (Fsp3) is 1.00. The average molecular weight is 244 g/mol. The smallest absolute Gasteiger partial charge is 0.0466 e. The molecule has 0 rings (SSSR count). The molecule has 0 aromatic heterocycles. The van der Waals surface area contributed by atoms with E-state index in [1.807, 2.05) is 0 Å². The summed E-state index contributed by atoms with van der Waals surface area (Å²) in [6.07, 6.45) is 13.8. The maximum absolute atomic E-state index is 8.63. The Hall–Kier alpha value is -0.0800. The van der Waals surface area contributed by atoms with E-state index < -0.39 is 0 Å². The predicted octanol–water partition coefficient (Wildman–Crippen LogP) is 4.31. The first kappa shape index (κ1) is 16.9. The van der Waals surface area contributed by atoms with Gasteiger partial charge in [-0.3, -0.25) is 0 Å². The number of hydrogen-bond acceptors (Lipinski definition) is 2. The third kappa shape index (κ3) is 15.9. The number of ether oxygens (including phenoxy) is 1. The van der Waals surface area contributed by atoms with Crippen LogP contribution >= 0.6 is 0 Å². The van der Waals surface area contributed by atoms with Crippen molar-refractivity contribution < 1.29 is 9.84 Å². The van der Waals surface area contributed by atoms with Crippen molar-refractivity contribution in [3.8, 4) is 0 Å². The normalized spacial score (nSPS) is 10.9. The molecule has 0 aliphatic rings. The first-order chi connectivity index (χ1) is 8.41. The van der Waals surface area contributed by atoms with Gasteiger partial charge >= 0.3 is 0 Å². The van der Waals surface area contributed by atoms with Gasteiger partial charge in [0.05, 0.1) is 0 Å². The molecule has 0 aromatic carbocycles. The van der Waals surface area contributed by atoms with E-state index in [1.165, 1.54) is 64.2 Å². The van der Waals surface area contributed by atoms with Gasteiger partial charge in [-0.2, -0.15) is 0 Å². The van der Waals surface area contributed by atoms with Gasteiger partial charge in [-0.1, -0.05) is 58.3 Å². The zero-order valence-corrected chi connectivity index (χ0v) is 11.8. The minimum absolute atomic E-state index is 0.357. The van der Waals surface area contributed by atoms with Crippen LogP contribution in [0.5, 0.6) is 0 Å². The molecule has 1 N–H and O–H groups in total. The van der Waals surface area contributed by atoms with Gasteiger partial charge in [-0.15, -0.1) is 0 Å². The molecular weight excluding hydrogens is 212 g/mol. The standard InChI is InChI=1S/C15H32O2/c1-2-3-11-14-17-15-12-9-7-5-4-6-8-10-13-16/h16H,2-15H2,1H3. The monoisotopic (exact) mass is 244 g/mol. The molecule has 17 heavy (non-hydrogen) atoms. The minimum Gasteiger partial charge on any atom is -0.396 e. The van der Waals surface area contributed by atoms with Crippen molar-refractivity contribution in [2.75, 3.05) is 19.8 Å². The van der Waals surface area contributed by atoms with Crippen LogP contribution in [0.4, 0.5) is 0 Å². The second-order valence-corrected chi connectivity index (χ2v) is 4.87. The van der Waals surface area contributed by atoms with Gasteiger partial charge < -0.3 is 9.84 Å². The van der Waals surface area contributed by atoms with Gasteiger partial charge in [0.1, 0.15) is 0 Å². The summed E-state index contributed by atoms with van der Waals surface area (Å²) in [5.41, 5.74) is 0. The molecular formula is C15H32O2. The fourth-order valence-electron chi connectivity index (χ4n) is 1.93.